The molecule has 0 saturated carbocycles. The van der Waals surface area contributed by atoms with Crippen LogP contribution in [0.5, 0.6) is 0 Å². The van der Waals surface area contributed by atoms with E-state index in [0.717, 1.165) is 16.9 Å². The van der Waals surface area contributed by atoms with Crippen LogP contribution in [-0.2, 0) is 7.05 Å². The number of nitrogens with two attached hydrogens (primary N) is 1. The summed E-state index contributed by atoms with van der Waals surface area (Å²) < 4.78 is 1.92. The Morgan fingerprint density at radius 3 is 2.93 bits per heavy atom. The first-order chi connectivity index (χ1) is 7.15. The van der Waals surface area contributed by atoms with E-state index >= 15 is 0 Å². The van der Waals surface area contributed by atoms with Crippen molar-refractivity contribution in [1.82, 2.24) is 9.55 Å². The van der Waals surface area contributed by atoms with E-state index in [1.165, 1.54) is 0 Å². The van der Waals surface area contributed by atoms with Gasteiger partial charge in [0.25, 0.3) is 0 Å². The quantitative estimate of drug-likeness (QED) is 0.314. The summed E-state index contributed by atoms with van der Waals surface area (Å²) in [6, 6.07) is 5.54. The summed E-state index contributed by atoms with van der Waals surface area (Å²) in [6.45, 7) is 1.91. The third-order valence-electron chi connectivity index (χ3n) is 2.50. The van der Waals surface area contributed by atoms with Gasteiger partial charge in [-0.3, -0.25) is 0 Å². The highest BCUT2D eigenvalue weighted by molar-refractivity contribution is 6.07. The van der Waals surface area contributed by atoms with Crippen LogP contribution in [-0.4, -0.2) is 20.6 Å². The molecule has 0 aliphatic rings. The van der Waals surface area contributed by atoms with Crippen molar-refractivity contribution in [1.29, 1.82) is 0 Å². The lowest BCUT2D eigenvalue weighted by Crippen LogP contribution is -2.14. The van der Waals surface area contributed by atoms with Gasteiger partial charge in [0.1, 0.15) is 5.82 Å². The van der Waals surface area contributed by atoms with Gasteiger partial charge in [-0.1, -0.05) is 11.2 Å². The van der Waals surface area contributed by atoms with Crippen molar-refractivity contribution in [3.05, 3.63) is 29.6 Å². The Morgan fingerprint density at radius 1 is 1.53 bits per heavy atom. The van der Waals surface area contributed by atoms with Crippen molar-refractivity contribution < 1.29 is 5.21 Å². The van der Waals surface area contributed by atoms with Crippen LogP contribution in [0.4, 0.5) is 0 Å². The van der Waals surface area contributed by atoms with E-state index in [9.17, 15) is 0 Å². The van der Waals surface area contributed by atoms with Gasteiger partial charge in [-0.25, -0.2) is 4.98 Å². The number of para-hydroxylation sites is 1. The van der Waals surface area contributed by atoms with Crippen LogP contribution in [0.3, 0.4) is 0 Å². The zero-order valence-electron chi connectivity index (χ0n) is 8.60. The van der Waals surface area contributed by atoms with Crippen LogP contribution < -0.4 is 5.73 Å². The Labute approximate surface area is 86.8 Å². The molecule has 0 atom stereocenters. The number of hydrogen-bond donors (Lipinski definition) is 2. The number of fused-ring (bicyclic) bond motifs is 1. The number of nitrogens with zero attached hydrogens (tertiary/aromatic N) is 3. The van der Waals surface area contributed by atoms with Gasteiger partial charge in [0.05, 0.1) is 11.0 Å². The molecule has 1 aromatic carbocycles. The zero-order chi connectivity index (χ0) is 11.0. The molecule has 0 aliphatic heterocycles. The van der Waals surface area contributed by atoms with Crippen LogP contribution in [0.25, 0.3) is 11.0 Å². The minimum Gasteiger partial charge on any atom is -0.409 e. The van der Waals surface area contributed by atoms with Gasteiger partial charge in [-0.05, 0) is 19.1 Å². The topological polar surface area (TPSA) is 76.4 Å². The number of benzene rings is 1. The Kier molecular flexibility index (Phi) is 2.07. The van der Waals surface area contributed by atoms with E-state index in [-0.39, 0.29) is 5.84 Å². The first-order valence-corrected chi connectivity index (χ1v) is 4.55. The largest absolute Gasteiger partial charge is 0.409 e. The molecule has 0 bridgehead atoms. The fraction of sp³-hybridized carbons (Fsp3) is 0.200. The number of oxime groups is 1. The molecule has 5 heteroatoms. The summed E-state index contributed by atoms with van der Waals surface area (Å²) in [5, 5.41) is 11.7. The van der Waals surface area contributed by atoms with E-state index in [1.54, 1.807) is 6.07 Å². The van der Waals surface area contributed by atoms with Gasteiger partial charge >= 0.3 is 0 Å². The lowest BCUT2D eigenvalue weighted by atomic mass is 10.1. The molecule has 1 heterocycles. The number of aromatic nitrogens is 2. The molecule has 0 unspecified atom stereocenters. The van der Waals surface area contributed by atoms with Crippen LogP contribution in [0.15, 0.2) is 23.4 Å². The number of rotatable bonds is 1. The molecule has 0 aliphatic carbocycles. The van der Waals surface area contributed by atoms with Crippen molar-refractivity contribution in [2.75, 3.05) is 0 Å². The number of aryl methyl sites for hydroxylation is 2. The lowest BCUT2D eigenvalue weighted by Gasteiger charge is -2.03. The molecule has 0 amide bonds. The molecule has 0 spiro atoms. The van der Waals surface area contributed by atoms with Crippen molar-refractivity contribution >= 4 is 16.9 Å². The fourth-order valence-electron chi connectivity index (χ4n) is 1.65. The summed E-state index contributed by atoms with van der Waals surface area (Å²) >= 11 is 0. The van der Waals surface area contributed by atoms with E-state index in [1.807, 2.05) is 30.7 Å². The normalized spacial score (nSPS) is 12.3. The van der Waals surface area contributed by atoms with Gasteiger partial charge < -0.3 is 15.5 Å². The summed E-state index contributed by atoms with van der Waals surface area (Å²) in [6.07, 6.45) is 0. The number of hydrogen-bond acceptors (Lipinski definition) is 3. The van der Waals surface area contributed by atoms with Gasteiger partial charge in [0, 0.05) is 12.6 Å². The monoisotopic (exact) mass is 204 g/mol. The molecule has 78 valence electrons. The average Bonchev–Trinajstić information content (AvgIpc) is 2.54. The lowest BCUT2D eigenvalue weighted by molar-refractivity contribution is 0.318. The first-order valence-electron chi connectivity index (χ1n) is 4.55. The molecule has 2 rings (SSSR count). The second-order valence-corrected chi connectivity index (χ2v) is 3.38. The predicted molar refractivity (Wildman–Crippen MR) is 58.0 cm³/mol. The van der Waals surface area contributed by atoms with Crippen LogP contribution in [0.1, 0.15) is 11.4 Å². The molecule has 0 radical (unpaired) electrons. The van der Waals surface area contributed by atoms with Gasteiger partial charge in [0.15, 0.2) is 5.84 Å². The summed E-state index contributed by atoms with van der Waals surface area (Å²) in [5.74, 6) is 0.992. The van der Waals surface area contributed by atoms with Gasteiger partial charge in [0.2, 0.25) is 0 Å². The van der Waals surface area contributed by atoms with E-state index in [2.05, 4.69) is 10.1 Å². The third kappa shape index (κ3) is 1.32. The van der Waals surface area contributed by atoms with Crippen LogP contribution >= 0.6 is 0 Å². The van der Waals surface area contributed by atoms with Crippen molar-refractivity contribution in [2.24, 2.45) is 17.9 Å². The SMILES string of the molecule is Cc1nc2cccc(/C(N)=N\O)c2n1C. The molecule has 2 aromatic rings. The maximum atomic E-state index is 8.68. The molecule has 15 heavy (non-hydrogen) atoms. The average molecular weight is 204 g/mol. The van der Waals surface area contributed by atoms with E-state index < -0.39 is 0 Å². The summed E-state index contributed by atoms with van der Waals surface area (Å²) in [7, 11) is 1.90. The van der Waals surface area contributed by atoms with Crippen LogP contribution in [0, 0.1) is 6.92 Å². The number of imidazole rings is 1. The maximum Gasteiger partial charge on any atom is 0.172 e. The molecular formula is C10H12N4O. The standard InChI is InChI=1S/C10H12N4O/c1-6-12-8-5-3-4-7(10(11)13-15)9(8)14(6)2/h3-5,15H,1-2H3,(H2,11,13). The smallest absolute Gasteiger partial charge is 0.172 e. The van der Waals surface area contributed by atoms with Gasteiger partial charge in [-0.15, -0.1) is 0 Å². The first kappa shape index (κ1) is 9.51. The summed E-state index contributed by atoms with van der Waals surface area (Å²) in [5.41, 5.74) is 8.02. The molecule has 5 nitrogen and oxygen atoms in total. The minimum atomic E-state index is 0.101. The molecule has 3 N–H and O–H groups in total. The molecule has 0 saturated heterocycles. The second-order valence-electron chi connectivity index (χ2n) is 3.38. The maximum absolute atomic E-state index is 8.68. The molecule has 0 fully saturated rings. The highest BCUT2D eigenvalue weighted by atomic mass is 16.4. The van der Waals surface area contributed by atoms with Crippen LogP contribution in [0.2, 0.25) is 0 Å². The van der Waals surface area contributed by atoms with E-state index in [0.29, 0.717) is 5.56 Å². The molecule has 1 aromatic heterocycles. The van der Waals surface area contributed by atoms with Crippen molar-refractivity contribution in [3.63, 3.8) is 0 Å². The minimum absolute atomic E-state index is 0.101. The highest BCUT2D eigenvalue weighted by Gasteiger charge is 2.11. The Bertz CT molecular complexity index is 542. The van der Waals surface area contributed by atoms with Gasteiger partial charge in [-0.2, -0.15) is 0 Å². The Balaban J connectivity index is 2.86. The Hall–Kier alpha value is -2.04. The molecular weight excluding hydrogens is 192 g/mol. The highest BCUT2D eigenvalue weighted by Crippen LogP contribution is 2.18. The zero-order valence-corrected chi connectivity index (χ0v) is 8.60. The van der Waals surface area contributed by atoms with Crippen molar-refractivity contribution in [3.8, 4) is 0 Å². The Morgan fingerprint density at radius 2 is 2.27 bits per heavy atom. The number of amidine groups is 1. The fourth-order valence-corrected chi connectivity index (χ4v) is 1.65. The third-order valence-corrected chi connectivity index (χ3v) is 2.50. The summed E-state index contributed by atoms with van der Waals surface area (Å²) in [4.78, 5) is 4.36. The second kappa shape index (κ2) is 3.27. The van der Waals surface area contributed by atoms with Crippen molar-refractivity contribution in [2.45, 2.75) is 6.92 Å². The predicted octanol–water partition coefficient (Wildman–Crippen LogP) is 0.976. The van der Waals surface area contributed by atoms with E-state index in [4.69, 9.17) is 10.9 Å².